The van der Waals surface area contributed by atoms with E-state index in [2.05, 4.69) is 50.2 Å². The van der Waals surface area contributed by atoms with Crippen molar-refractivity contribution in [1.29, 1.82) is 0 Å². The fourth-order valence-corrected chi connectivity index (χ4v) is 3.48. The molecule has 0 spiro atoms. The predicted octanol–water partition coefficient (Wildman–Crippen LogP) is 4.91. The van der Waals surface area contributed by atoms with E-state index in [9.17, 15) is 0 Å². The second kappa shape index (κ2) is 5.81. The minimum Gasteiger partial charge on any atom is -0.489 e. The number of ether oxygens (including phenoxy) is 1. The summed E-state index contributed by atoms with van der Waals surface area (Å²) in [6.45, 7) is 4.90. The molecule has 0 aromatic heterocycles. The lowest BCUT2D eigenvalue weighted by molar-refractivity contribution is 0.306. The average molecular weight is 315 g/mol. The van der Waals surface area contributed by atoms with Crippen LogP contribution in [0.4, 0.5) is 0 Å². The predicted molar refractivity (Wildman–Crippen MR) is 98.2 cm³/mol. The molecule has 0 bridgehead atoms. The maximum absolute atomic E-state index is 6.50. The minimum absolute atomic E-state index is 0.0745. The second-order valence-electron chi connectivity index (χ2n) is 6.47. The monoisotopic (exact) mass is 315 g/mol. The summed E-state index contributed by atoms with van der Waals surface area (Å²) in [5.41, 5.74) is 15.2. The van der Waals surface area contributed by atoms with Crippen molar-refractivity contribution in [2.24, 2.45) is 5.73 Å². The van der Waals surface area contributed by atoms with Gasteiger partial charge in [-0.2, -0.15) is 0 Å². The summed E-state index contributed by atoms with van der Waals surface area (Å²) in [4.78, 5) is 0. The van der Waals surface area contributed by atoms with Crippen LogP contribution in [0.15, 0.2) is 60.7 Å². The molecule has 1 atom stereocenters. The van der Waals surface area contributed by atoms with Crippen molar-refractivity contribution in [3.63, 3.8) is 0 Å². The van der Waals surface area contributed by atoms with Crippen molar-refractivity contribution >= 4 is 0 Å². The fourth-order valence-electron chi connectivity index (χ4n) is 3.48. The van der Waals surface area contributed by atoms with Gasteiger partial charge in [0.2, 0.25) is 0 Å². The molecule has 2 heteroatoms. The molecule has 4 rings (SSSR count). The fraction of sp³-hybridized carbons (Fsp3) is 0.182. The van der Waals surface area contributed by atoms with Gasteiger partial charge in [-0.1, -0.05) is 48.5 Å². The van der Waals surface area contributed by atoms with Crippen LogP contribution in [0.1, 0.15) is 33.9 Å². The Morgan fingerprint density at radius 2 is 1.71 bits per heavy atom. The summed E-state index contributed by atoms with van der Waals surface area (Å²) >= 11 is 0. The first kappa shape index (κ1) is 15.0. The van der Waals surface area contributed by atoms with Gasteiger partial charge >= 0.3 is 0 Å². The molecule has 1 aliphatic rings. The van der Waals surface area contributed by atoms with Crippen LogP contribution in [0.5, 0.6) is 5.75 Å². The van der Waals surface area contributed by atoms with Crippen LogP contribution in [-0.4, -0.2) is 0 Å². The molecular weight excluding hydrogens is 294 g/mol. The van der Waals surface area contributed by atoms with Gasteiger partial charge < -0.3 is 10.5 Å². The van der Waals surface area contributed by atoms with Gasteiger partial charge in [-0.25, -0.2) is 0 Å². The van der Waals surface area contributed by atoms with E-state index >= 15 is 0 Å². The summed E-state index contributed by atoms with van der Waals surface area (Å²) < 4.78 is 5.96. The highest BCUT2D eigenvalue weighted by Gasteiger charge is 2.28. The van der Waals surface area contributed by atoms with Gasteiger partial charge in [0.25, 0.3) is 0 Å². The van der Waals surface area contributed by atoms with Crippen molar-refractivity contribution < 1.29 is 4.74 Å². The van der Waals surface area contributed by atoms with E-state index in [1.54, 1.807) is 0 Å². The summed E-state index contributed by atoms with van der Waals surface area (Å²) in [6, 6.07) is 20.7. The smallest absolute Gasteiger partial charge is 0.120 e. The first-order valence-corrected chi connectivity index (χ1v) is 8.32. The van der Waals surface area contributed by atoms with Crippen LogP contribution in [0.3, 0.4) is 0 Å². The minimum atomic E-state index is -0.0745. The Bertz CT molecular complexity index is 899. The van der Waals surface area contributed by atoms with Crippen molar-refractivity contribution in [2.45, 2.75) is 26.5 Å². The normalized spacial score (nSPS) is 15.0. The number of aryl methyl sites for hydroxylation is 1. The van der Waals surface area contributed by atoms with E-state index in [4.69, 9.17) is 10.5 Å². The molecule has 0 saturated heterocycles. The Balaban J connectivity index is 1.66. The van der Waals surface area contributed by atoms with Crippen molar-refractivity contribution in [3.05, 3.63) is 88.5 Å². The lowest BCUT2D eigenvalue weighted by atomic mass is 9.96. The van der Waals surface area contributed by atoms with E-state index in [1.807, 2.05) is 24.3 Å². The maximum atomic E-state index is 6.50. The Hall–Kier alpha value is -2.58. The van der Waals surface area contributed by atoms with Crippen LogP contribution in [0.25, 0.3) is 11.1 Å². The van der Waals surface area contributed by atoms with Gasteiger partial charge in [-0.15, -0.1) is 0 Å². The molecule has 1 unspecified atom stereocenters. The first-order valence-electron chi connectivity index (χ1n) is 8.32. The number of nitrogens with two attached hydrogens (primary N) is 1. The average Bonchev–Trinajstić information content (AvgIpc) is 2.90. The van der Waals surface area contributed by atoms with Crippen LogP contribution in [0, 0.1) is 13.8 Å². The van der Waals surface area contributed by atoms with Crippen LogP contribution in [-0.2, 0) is 6.61 Å². The van der Waals surface area contributed by atoms with Gasteiger partial charge in [-0.05, 0) is 64.9 Å². The highest BCUT2D eigenvalue weighted by molar-refractivity contribution is 5.82. The zero-order valence-corrected chi connectivity index (χ0v) is 14.0. The number of hydrogen-bond donors (Lipinski definition) is 1. The summed E-state index contributed by atoms with van der Waals surface area (Å²) in [5.74, 6) is 0.871. The lowest BCUT2D eigenvalue weighted by Crippen LogP contribution is -2.08. The van der Waals surface area contributed by atoms with E-state index < -0.39 is 0 Å². The number of hydrogen-bond acceptors (Lipinski definition) is 2. The molecule has 0 heterocycles. The number of fused-ring (bicyclic) bond motifs is 3. The largest absolute Gasteiger partial charge is 0.489 e. The van der Waals surface area contributed by atoms with Crippen LogP contribution >= 0.6 is 0 Å². The molecule has 0 amide bonds. The van der Waals surface area contributed by atoms with Gasteiger partial charge in [0.15, 0.2) is 0 Å². The van der Waals surface area contributed by atoms with Crippen molar-refractivity contribution in [1.82, 2.24) is 0 Å². The van der Waals surface area contributed by atoms with Gasteiger partial charge in [0, 0.05) is 0 Å². The van der Waals surface area contributed by atoms with E-state index in [0.29, 0.717) is 6.61 Å². The van der Waals surface area contributed by atoms with Gasteiger partial charge in [0.05, 0.1) is 6.04 Å². The summed E-state index contributed by atoms with van der Waals surface area (Å²) in [7, 11) is 0. The Labute approximate surface area is 142 Å². The molecular formula is C22H21NO. The summed E-state index contributed by atoms with van der Waals surface area (Å²) in [6.07, 6.45) is 0. The van der Waals surface area contributed by atoms with Crippen LogP contribution < -0.4 is 10.5 Å². The zero-order valence-electron chi connectivity index (χ0n) is 14.0. The third-order valence-corrected chi connectivity index (χ3v) is 4.98. The SMILES string of the molecule is Cc1ccc2c(c1C)-c1ccc(OCc3ccccc3)cc1C2N. The molecule has 0 fully saturated rings. The van der Waals surface area contributed by atoms with Gasteiger partial charge in [-0.3, -0.25) is 0 Å². The zero-order chi connectivity index (χ0) is 16.7. The third-order valence-electron chi connectivity index (χ3n) is 4.98. The molecule has 0 saturated carbocycles. The standard InChI is InChI=1S/C22H21NO/c1-14-8-10-19-21(15(14)2)18-11-9-17(12-20(18)22(19)23)24-13-16-6-4-3-5-7-16/h3-12,22H,13,23H2,1-2H3. The molecule has 3 aromatic carbocycles. The highest BCUT2D eigenvalue weighted by Crippen LogP contribution is 2.45. The molecule has 0 aliphatic heterocycles. The van der Waals surface area contributed by atoms with E-state index in [0.717, 1.165) is 16.9 Å². The second-order valence-corrected chi connectivity index (χ2v) is 6.47. The van der Waals surface area contributed by atoms with Crippen LogP contribution in [0.2, 0.25) is 0 Å². The van der Waals surface area contributed by atoms with Crippen molar-refractivity contribution in [3.8, 4) is 16.9 Å². The molecule has 2 nitrogen and oxygen atoms in total. The quantitative estimate of drug-likeness (QED) is 0.745. The lowest BCUT2D eigenvalue weighted by Gasteiger charge is -2.10. The van der Waals surface area contributed by atoms with E-state index in [1.165, 1.54) is 27.8 Å². The van der Waals surface area contributed by atoms with Crippen molar-refractivity contribution in [2.75, 3.05) is 0 Å². The third kappa shape index (κ3) is 2.40. The van der Waals surface area contributed by atoms with Gasteiger partial charge in [0.1, 0.15) is 12.4 Å². The van der Waals surface area contributed by atoms with E-state index in [-0.39, 0.29) is 6.04 Å². The Morgan fingerprint density at radius 1 is 0.917 bits per heavy atom. The Kier molecular flexibility index (Phi) is 3.62. The topological polar surface area (TPSA) is 35.2 Å². The number of rotatable bonds is 3. The molecule has 2 N–H and O–H groups in total. The maximum Gasteiger partial charge on any atom is 0.120 e. The molecule has 120 valence electrons. The highest BCUT2D eigenvalue weighted by atomic mass is 16.5. The number of benzene rings is 3. The molecule has 3 aromatic rings. The first-order chi connectivity index (χ1) is 11.6. The summed E-state index contributed by atoms with van der Waals surface area (Å²) in [5, 5.41) is 0. The molecule has 24 heavy (non-hydrogen) atoms. The Morgan fingerprint density at radius 3 is 2.50 bits per heavy atom. The molecule has 0 radical (unpaired) electrons. The molecule has 1 aliphatic carbocycles.